The number of aromatic nitrogens is 1. The minimum atomic E-state index is -0.693. The van der Waals surface area contributed by atoms with Crippen LogP contribution in [-0.2, 0) is 6.42 Å². The number of benzene rings is 1. The average molecular weight is 315 g/mol. The maximum Gasteiger partial charge on any atom is 0.314 e. The molecule has 0 bridgehead atoms. The predicted molar refractivity (Wildman–Crippen MR) is 91.4 cm³/mol. The number of amides is 2. The molecule has 1 aliphatic carbocycles. The van der Waals surface area contributed by atoms with Gasteiger partial charge in [-0.3, -0.25) is 0 Å². The van der Waals surface area contributed by atoms with Crippen molar-refractivity contribution in [2.75, 3.05) is 13.1 Å². The van der Waals surface area contributed by atoms with Gasteiger partial charge < -0.3 is 20.7 Å². The average Bonchev–Trinajstić information content (AvgIpc) is 3.17. The summed E-state index contributed by atoms with van der Waals surface area (Å²) in [6.45, 7) is 0.977. The van der Waals surface area contributed by atoms with E-state index < -0.39 is 5.60 Å². The summed E-state index contributed by atoms with van der Waals surface area (Å²) >= 11 is 0. The Morgan fingerprint density at radius 3 is 2.83 bits per heavy atom. The second-order valence-corrected chi connectivity index (χ2v) is 6.50. The molecule has 1 fully saturated rings. The van der Waals surface area contributed by atoms with Crippen LogP contribution < -0.4 is 10.6 Å². The van der Waals surface area contributed by atoms with E-state index in [0.29, 0.717) is 13.1 Å². The molecule has 1 aromatic carbocycles. The van der Waals surface area contributed by atoms with Gasteiger partial charge in [0.25, 0.3) is 0 Å². The number of aliphatic hydroxyl groups is 1. The van der Waals surface area contributed by atoms with Crippen molar-refractivity contribution in [3.05, 3.63) is 36.0 Å². The van der Waals surface area contributed by atoms with Crippen molar-refractivity contribution in [1.29, 1.82) is 0 Å². The smallest absolute Gasteiger partial charge is 0.314 e. The molecular formula is C18H25N3O2. The summed E-state index contributed by atoms with van der Waals surface area (Å²) in [7, 11) is 0. The molecule has 1 aromatic heterocycles. The van der Waals surface area contributed by atoms with Gasteiger partial charge in [0, 0.05) is 30.2 Å². The van der Waals surface area contributed by atoms with E-state index >= 15 is 0 Å². The fourth-order valence-corrected chi connectivity index (χ4v) is 3.34. The van der Waals surface area contributed by atoms with Crippen molar-refractivity contribution in [1.82, 2.24) is 15.6 Å². The Morgan fingerprint density at radius 1 is 1.22 bits per heavy atom. The lowest BCUT2D eigenvalue weighted by Gasteiger charge is -2.22. The first-order chi connectivity index (χ1) is 11.2. The fraction of sp³-hybridized carbons (Fsp3) is 0.500. The Labute approximate surface area is 136 Å². The van der Waals surface area contributed by atoms with Crippen LogP contribution in [-0.4, -0.2) is 34.8 Å². The Kier molecular flexibility index (Phi) is 4.86. The van der Waals surface area contributed by atoms with E-state index in [0.717, 1.165) is 44.0 Å². The van der Waals surface area contributed by atoms with Crippen molar-refractivity contribution in [2.45, 2.75) is 44.1 Å². The Hall–Kier alpha value is -2.01. The third kappa shape index (κ3) is 4.05. The lowest BCUT2D eigenvalue weighted by Crippen LogP contribution is -2.45. The second-order valence-electron chi connectivity index (χ2n) is 6.50. The standard InChI is InChI=1S/C18H25N3O2/c22-17(21-13-18(23)9-3-4-10-18)19-11-5-6-14-12-20-16-8-2-1-7-15(14)16/h1-2,7-8,12,20,23H,3-6,9-11,13H2,(H2,19,21,22). The SMILES string of the molecule is O=C(NCCCc1c[nH]c2ccccc12)NCC1(O)CCCC1. The molecule has 5 nitrogen and oxygen atoms in total. The highest BCUT2D eigenvalue weighted by Crippen LogP contribution is 2.28. The molecule has 3 rings (SSSR count). The van der Waals surface area contributed by atoms with Crippen LogP contribution in [0, 0.1) is 0 Å². The van der Waals surface area contributed by atoms with E-state index in [2.05, 4.69) is 27.8 Å². The van der Waals surface area contributed by atoms with Crippen molar-refractivity contribution in [3.63, 3.8) is 0 Å². The first-order valence-corrected chi connectivity index (χ1v) is 8.45. The zero-order valence-corrected chi connectivity index (χ0v) is 13.4. The summed E-state index contributed by atoms with van der Waals surface area (Å²) in [4.78, 5) is 15.0. The molecule has 1 saturated carbocycles. The number of carbonyl (C=O) groups excluding carboxylic acids is 1. The number of aromatic amines is 1. The van der Waals surface area contributed by atoms with E-state index in [1.54, 1.807) is 0 Å². The first-order valence-electron chi connectivity index (χ1n) is 8.45. The highest BCUT2D eigenvalue weighted by Gasteiger charge is 2.31. The Bertz CT molecular complexity index is 659. The molecular weight excluding hydrogens is 290 g/mol. The van der Waals surface area contributed by atoms with Gasteiger partial charge in [0.1, 0.15) is 0 Å². The second kappa shape index (κ2) is 7.04. The zero-order valence-electron chi connectivity index (χ0n) is 13.4. The molecule has 0 saturated heterocycles. The van der Waals surface area contributed by atoms with Crippen LogP contribution in [0.1, 0.15) is 37.7 Å². The summed E-state index contributed by atoms with van der Waals surface area (Å²) in [6.07, 6.45) is 7.52. The minimum Gasteiger partial charge on any atom is -0.388 e. The maximum atomic E-state index is 11.8. The van der Waals surface area contributed by atoms with Gasteiger partial charge in [-0.25, -0.2) is 4.79 Å². The molecule has 1 heterocycles. The van der Waals surface area contributed by atoms with Crippen LogP contribution in [0.2, 0.25) is 0 Å². The molecule has 5 heteroatoms. The molecule has 1 aliphatic rings. The maximum absolute atomic E-state index is 11.8. The van der Waals surface area contributed by atoms with Gasteiger partial charge in [-0.1, -0.05) is 31.0 Å². The molecule has 0 radical (unpaired) electrons. The molecule has 0 spiro atoms. The van der Waals surface area contributed by atoms with Crippen LogP contribution in [0.25, 0.3) is 10.9 Å². The van der Waals surface area contributed by atoms with E-state index in [-0.39, 0.29) is 6.03 Å². The van der Waals surface area contributed by atoms with Gasteiger partial charge in [0.2, 0.25) is 0 Å². The third-order valence-electron chi connectivity index (χ3n) is 4.70. The summed E-state index contributed by atoms with van der Waals surface area (Å²) in [5, 5.41) is 17.1. The molecule has 0 aliphatic heterocycles. The normalized spacial score (nSPS) is 16.6. The van der Waals surface area contributed by atoms with Crippen LogP contribution in [0.15, 0.2) is 30.5 Å². The van der Waals surface area contributed by atoms with Crippen molar-refractivity contribution in [3.8, 4) is 0 Å². The van der Waals surface area contributed by atoms with Crippen molar-refractivity contribution < 1.29 is 9.90 Å². The summed E-state index contributed by atoms with van der Waals surface area (Å²) in [5.41, 5.74) is 1.74. The largest absolute Gasteiger partial charge is 0.388 e. The lowest BCUT2D eigenvalue weighted by atomic mass is 10.0. The number of hydrogen-bond donors (Lipinski definition) is 4. The van der Waals surface area contributed by atoms with Gasteiger partial charge in [-0.05, 0) is 37.3 Å². The van der Waals surface area contributed by atoms with Gasteiger partial charge >= 0.3 is 6.03 Å². The lowest BCUT2D eigenvalue weighted by molar-refractivity contribution is 0.0501. The van der Waals surface area contributed by atoms with Crippen molar-refractivity contribution >= 4 is 16.9 Å². The first kappa shape index (κ1) is 15.9. The molecule has 0 atom stereocenters. The molecule has 23 heavy (non-hydrogen) atoms. The summed E-state index contributed by atoms with van der Waals surface area (Å²) in [6, 6.07) is 8.05. The monoisotopic (exact) mass is 315 g/mol. The van der Waals surface area contributed by atoms with Crippen molar-refractivity contribution in [2.24, 2.45) is 0 Å². The molecule has 0 unspecified atom stereocenters. The van der Waals surface area contributed by atoms with Gasteiger partial charge in [0.05, 0.1) is 5.60 Å². The highest BCUT2D eigenvalue weighted by atomic mass is 16.3. The van der Waals surface area contributed by atoms with Crippen LogP contribution >= 0.6 is 0 Å². The molecule has 124 valence electrons. The zero-order chi connectivity index (χ0) is 16.1. The summed E-state index contributed by atoms with van der Waals surface area (Å²) < 4.78 is 0. The predicted octanol–water partition coefficient (Wildman–Crippen LogP) is 2.70. The number of rotatable bonds is 6. The Balaban J connectivity index is 1.37. The third-order valence-corrected chi connectivity index (χ3v) is 4.70. The fourth-order valence-electron chi connectivity index (χ4n) is 3.34. The topological polar surface area (TPSA) is 77.2 Å². The van der Waals surface area contributed by atoms with Crippen LogP contribution in [0.5, 0.6) is 0 Å². The number of para-hydroxylation sites is 1. The number of H-pyrrole nitrogens is 1. The van der Waals surface area contributed by atoms with Gasteiger partial charge in [0.15, 0.2) is 0 Å². The number of nitrogens with one attached hydrogen (secondary N) is 3. The van der Waals surface area contributed by atoms with Crippen LogP contribution in [0.4, 0.5) is 4.79 Å². The van der Waals surface area contributed by atoms with Gasteiger partial charge in [-0.15, -0.1) is 0 Å². The number of urea groups is 1. The molecule has 4 N–H and O–H groups in total. The van der Waals surface area contributed by atoms with Gasteiger partial charge in [-0.2, -0.15) is 0 Å². The van der Waals surface area contributed by atoms with Crippen LogP contribution in [0.3, 0.4) is 0 Å². The minimum absolute atomic E-state index is 0.191. The van der Waals surface area contributed by atoms with E-state index in [1.807, 2.05) is 18.3 Å². The molecule has 2 amide bonds. The van der Waals surface area contributed by atoms with E-state index in [1.165, 1.54) is 10.9 Å². The quantitative estimate of drug-likeness (QED) is 0.619. The summed E-state index contributed by atoms with van der Waals surface area (Å²) in [5.74, 6) is 0. The number of fused-ring (bicyclic) bond motifs is 1. The number of aryl methyl sites for hydroxylation is 1. The highest BCUT2D eigenvalue weighted by molar-refractivity contribution is 5.83. The van der Waals surface area contributed by atoms with E-state index in [9.17, 15) is 9.90 Å². The number of hydrogen-bond acceptors (Lipinski definition) is 2. The van der Waals surface area contributed by atoms with E-state index in [4.69, 9.17) is 0 Å². The number of carbonyl (C=O) groups is 1. The molecule has 2 aromatic rings. The Morgan fingerprint density at radius 2 is 2.00 bits per heavy atom.